The van der Waals surface area contributed by atoms with Gasteiger partial charge in [0.2, 0.25) is 5.91 Å². The van der Waals surface area contributed by atoms with Gasteiger partial charge in [-0.25, -0.2) is 0 Å². The van der Waals surface area contributed by atoms with Crippen molar-refractivity contribution in [3.63, 3.8) is 0 Å². The van der Waals surface area contributed by atoms with Crippen molar-refractivity contribution < 1.29 is 14.3 Å². The molecule has 1 amide bonds. The lowest BCUT2D eigenvalue weighted by molar-refractivity contribution is -0.158. The highest BCUT2D eigenvalue weighted by atomic mass is 16.6. The van der Waals surface area contributed by atoms with Crippen LogP contribution in [-0.4, -0.2) is 24.0 Å². The normalized spacial score (nSPS) is 13.4. The second kappa shape index (κ2) is 6.62. The Bertz CT molecular complexity index is 266. The van der Waals surface area contributed by atoms with Crippen molar-refractivity contribution in [2.24, 2.45) is 11.8 Å². The van der Waals surface area contributed by atoms with Crippen molar-refractivity contribution in [3.05, 3.63) is 0 Å². The fraction of sp³-hybridized carbons (Fsp3) is 0.846. The van der Waals surface area contributed by atoms with E-state index in [1.165, 1.54) is 0 Å². The summed E-state index contributed by atoms with van der Waals surface area (Å²) in [6.45, 7) is 11.8. The largest absolute Gasteiger partial charge is 0.460 e. The van der Waals surface area contributed by atoms with Gasteiger partial charge in [-0.2, -0.15) is 0 Å². The van der Waals surface area contributed by atoms with E-state index in [0.717, 1.165) is 0 Å². The van der Waals surface area contributed by atoms with Crippen LogP contribution in [0, 0.1) is 11.8 Å². The smallest absolute Gasteiger partial charge is 0.307 e. The monoisotopic (exact) mass is 243 g/mol. The molecule has 4 heteroatoms. The van der Waals surface area contributed by atoms with Gasteiger partial charge in [-0.15, -0.1) is 0 Å². The molecule has 0 radical (unpaired) electrons. The zero-order chi connectivity index (χ0) is 13.6. The van der Waals surface area contributed by atoms with E-state index in [1.807, 2.05) is 41.5 Å². The maximum atomic E-state index is 11.8. The van der Waals surface area contributed by atoms with E-state index >= 15 is 0 Å². The number of nitrogens with one attached hydrogen (secondary N) is 1. The average molecular weight is 243 g/mol. The van der Waals surface area contributed by atoms with Crippen molar-refractivity contribution in [1.82, 2.24) is 5.32 Å². The van der Waals surface area contributed by atoms with E-state index in [2.05, 4.69) is 5.32 Å². The number of hydrogen-bond acceptors (Lipinski definition) is 3. The molecule has 17 heavy (non-hydrogen) atoms. The first-order chi connectivity index (χ1) is 7.67. The molecule has 0 saturated carbocycles. The molecule has 1 N–H and O–H groups in total. The number of esters is 1. The second-order valence-electron chi connectivity index (χ2n) is 5.54. The van der Waals surface area contributed by atoms with Crippen molar-refractivity contribution in [2.45, 2.75) is 53.6 Å². The molecule has 0 unspecified atom stereocenters. The van der Waals surface area contributed by atoms with Crippen LogP contribution in [0.25, 0.3) is 0 Å². The first-order valence-corrected chi connectivity index (χ1v) is 6.17. The minimum atomic E-state index is -0.500. The molecule has 0 saturated heterocycles. The number of carbonyl (C=O) groups is 2. The summed E-state index contributed by atoms with van der Waals surface area (Å²) in [4.78, 5) is 23.4. The van der Waals surface area contributed by atoms with Gasteiger partial charge >= 0.3 is 5.97 Å². The Kier molecular flexibility index (Phi) is 6.21. The molecule has 0 rings (SSSR count). The van der Waals surface area contributed by atoms with Gasteiger partial charge in [0.1, 0.15) is 5.60 Å². The van der Waals surface area contributed by atoms with Crippen LogP contribution in [0.3, 0.4) is 0 Å². The Morgan fingerprint density at radius 3 is 2.12 bits per heavy atom. The van der Waals surface area contributed by atoms with E-state index in [0.29, 0.717) is 6.54 Å². The molecule has 1 atom stereocenters. The fourth-order valence-electron chi connectivity index (χ4n) is 1.50. The Balaban J connectivity index is 4.46. The SMILES string of the molecule is CCNC(=O)[C@H](CC(=O)OC(C)(C)C)C(C)C. The summed E-state index contributed by atoms with van der Waals surface area (Å²) >= 11 is 0. The Morgan fingerprint density at radius 2 is 1.76 bits per heavy atom. The maximum absolute atomic E-state index is 11.8. The molecule has 0 aromatic heterocycles. The van der Waals surface area contributed by atoms with E-state index in [9.17, 15) is 9.59 Å². The van der Waals surface area contributed by atoms with Crippen LogP contribution in [0.4, 0.5) is 0 Å². The Morgan fingerprint density at radius 1 is 1.24 bits per heavy atom. The van der Waals surface area contributed by atoms with E-state index < -0.39 is 5.60 Å². The van der Waals surface area contributed by atoms with Crippen LogP contribution in [0.1, 0.15) is 48.0 Å². The van der Waals surface area contributed by atoms with Gasteiger partial charge in [0.15, 0.2) is 0 Å². The summed E-state index contributed by atoms with van der Waals surface area (Å²) < 4.78 is 5.23. The minimum Gasteiger partial charge on any atom is -0.460 e. The molecule has 0 aromatic carbocycles. The van der Waals surface area contributed by atoms with Gasteiger partial charge < -0.3 is 10.1 Å². The molecule has 0 aliphatic heterocycles. The van der Waals surface area contributed by atoms with Crippen molar-refractivity contribution in [2.75, 3.05) is 6.54 Å². The fourth-order valence-corrected chi connectivity index (χ4v) is 1.50. The molecule has 0 bridgehead atoms. The molecule has 0 fully saturated rings. The highest BCUT2D eigenvalue weighted by molar-refractivity contribution is 5.84. The van der Waals surface area contributed by atoms with Crippen LogP contribution in [0.2, 0.25) is 0 Å². The quantitative estimate of drug-likeness (QED) is 0.753. The molecule has 0 aliphatic rings. The van der Waals surface area contributed by atoms with E-state index in [1.54, 1.807) is 0 Å². The Labute approximate surface area is 104 Å². The lowest BCUT2D eigenvalue weighted by Gasteiger charge is -2.23. The van der Waals surface area contributed by atoms with Crippen molar-refractivity contribution >= 4 is 11.9 Å². The second-order valence-corrected chi connectivity index (χ2v) is 5.54. The van der Waals surface area contributed by atoms with E-state index in [4.69, 9.17) is 4.74 Å². The third kappa shape index (κ3) is 6.97. The number of rotatable bonds is 5. The lowest BCUT2D eigenvalue weighted by Crippen LogP contribution is -2.36. The number of ether oxygens (including phenoxy) is 1. The van der Waals surface area contributed by atoms with Gasteiger partial charge in [-0.1, -0.05) is 13.8 Å². The summed E-state index contributed by atoms with van der Waals surface area (Å²) in [5.74, 6) is -0.588. The molecule has 100 valence electrons. The van der Waals surface area contributed by atoms with Crippen LogP contribution in [-0.2, 0) is 14.3 Å². The van der Waals surface area contributed by atoms with Crippen molar-refractivity contribution in [3.8, 4) is 0 Å². The molecular weight excluding hydrogens is 218 g/mol. The lowest BCUT2D eigenvalue weighted by atomic mass is 9.91. The molecule has 4 nitrogen and oxygen atoms in total. The summed E-state index contributed by atoms with van der Waals surface area (Å²) in [6.07, 6.45) is 0.140. The number of hydrogen-bond donors (Lipinski definition) is 1. The van der Waals surface area contributed by atoms with Crippen molar-refractivity contribution in [1.29, 1.82) is 0 Å². The average Bonchev–Trinajstić information content (AvgIpc) is 2.11. The topological polar surface area (TPSA) is 55.4 Å². The van der Waals surface area contributed by atoms with Crippen LogP contribution >= 0.6 is 0 Å². The summed E-state index contributed by atoms with van der Waals surface area (Å²) in [7, 11) is 0. The molecular formula is C13H25NO3. The summed E-state index contributed by atoms with van der Waals surface area (Å²) in [6, 6.07) is 0. The van der Waals surface area contributed by atoms with Gasteiger partial charge in [0.25, 0.3) is 0 Å². The van der Waals surface area contributed by atoms with E-state index in [-0.39, 0.29) is 30.1 Å². The molecule has 0 aromatic rings. The van der Waals surface area contributed by atoms with Gasteiger partial charge in [0.05, 0.1) is 12.3 Å². The number of carbonyl (C=O) groups excluding carboxylic acids is 2. The third-order valence-corrected chi connectivity index (χ3v) is 2.30. The number of amides is 1. The van der Waals surface area contributed by atoms with Crippen LogP contribution < -0.4 is 5.32 Å². The first kappa shape index (κ1) is 15.9. The Hall–Kier alpha value is -1.06. The first-order valence-electron chi connectivity index (χ1n) is 6.17. The summed E-state index contributed by atoms with van der Waals surface area (Å²) in [5.41, 5.74) is -0.500. The van der Waals surface area contributed by atoms with Gasteiger partial charge in [-0.3, -0.25) is 9.59 Å². The van der Waals surface area contributed by atoms with Gasteiger partial charge in [0, 0.05) is 6.54 Å². The molecule has 0 aliphatic carbocycles. The molecule has 0 heterocycles. The predicted octanol–water partition coefficient (Wildman–Crippen LogP) is 2.13. The van der Waals surface area contributed by atoms with Crippen LogP contribution in [0.5, 0.6) is 0 Å². The van der Waals surface area contributed by atoms with Gasteiger partial charge in [-0.05, 0) is 33.6 Å². The summed E-state index contributed by atoms with van der Waals surface area (Å²) in [5, 5.41) is 2.75. The maximum Gasteiger partial charge on any atom is 0.307 e. The van der Waals surface area contributed by atoms with Crippen LogP contribution in [0.15, 0.2) is 0 Å². The minimum absolute atomic E-state index is 0.0756. The predicted molar refractivity (Wildman–Crippen MR) is 67.5 cm³/mol. The third-order valence-electron chi connectivity index (χ3n) is 2.30. The highest BCUT2D eigenvalue weighted by Crippen LogP contribution is 2.18. The zero-order valence-corrected chi connectivity index (χ0v) is 11.8. The highest BCUT2D eigenvalue weighted by Gasteiger charge is 2.27. The standard InChI is InChI=1S/C13H25NO3/c1-7-14-12(16)10(9(2)3)8-11(15)17-13(4,5)6/h9-10H,7-8H2,1-6H3,(H,14,16)/t10-/m1/s1. The molecule has 0 spiro atoms. The zero-order valence-electron chi connectivity index (χ0n) is 11.8.